The zero-order valence-electron chi connectivity index (χ0n) is 11.4. The van der Waals surface area contributed by atoms with Gasteiger partial charge in [0, 0.05) is 6.54 Å². The number of methoxy groups -OCH3 is 1. The highest BCUT2D eigenvalue weighted by Gasteiger charge is 2.29. The summed E-state index contributed by atoms with van der Waals surface area (Å²) in [6.07, 6.45) is 4.39. The first-order chi connectivity index (χ1) is 7.99. The number of nitrogens with zero attached hydrogens (tertiary/aromatic N) is 1. The van der Waals surface area contributed by atoms with E-state index in [9.17, 15) is 4.79 Å². The zero-order valence-corrected chi connectivity index (χ0v) is 11.4. The molecule has 17 heavy (non-hydrogen) atoms. The summed E-state index contributed by atoms with van der Waals surface area (Å²) in [4.78, 5) is 13.9. The summed E-state index contributed by atoms with van der Waals surface area (Å²) < 4.78 is 4.70. The molecule has 0 bridgehead atoms. The van der Waals surface area contributed by atoms with E-state index in [-0.39, 0.29) is 5.97 Å². The maximum atomic E-state index is 11.4. The lowest BCUT2D eigenvalue weighted by Crippen LogP contribution is -2.46. The van der Waals surface area contributed by atoms with Gasteiger partial charge in [-0.1, -0.05) is 6.92 Å². The molecule has 0 amide bonds. The highest BCUT2D eigenvalue weighted by Crippen LogP contribution is 2.29. The monoisotopic (exact) mass is 242 g/mol. The molecule has 0 spiro atoms. The SMILES string of the molecule is CCN(CCCC(C)(N)C(=O)OC)CC1CC1. The number of hydrogen-bond acceptors (Lipinski definition) is 4. The van der Waals surface area contributed by atoms with E-state index < -0.39 is 5.54 Å². The summed E-state index contributed by atoms with van der Waals surface area (Å²) in [7, 11) is 1.39. The molecule has 4 nitrogen and oxygen atoms in total. The molecule has 1 fully saturated rings. The van der Waals surface area contributed by atoms with Crippen LogP contribution in [0.15, 0.2) is 0 Å². The number of rotatable bonds is 8. The van der Waals surface area contributed by atoms with Crippen molar-refractivity contribution in [1.29, 1.82) is 0 Å². The van der Waals surface area contributed by atoms with Gasteiger partial charge in [-0.2, -0.15) is 0 Å². The van der Waals surface area contributed by atoms with E-state index in [4.69, 9.17) is 10.5 Å². The third-order valence-electron chi connectivity index (χ3n) is 3.48. The summed E-state index contributed by atoms with van der Waals surface area (Å²) in [6.45, 7) is 7.24. The lowest BCUT2D eigenvalue weighted by atomic mass is 9.97. The van der Waals surface area contributed by atoms with Crippen molar-refractivity contribution in [2.45, 2.75) is 45.1 Å². The van der Waals surface area contributed by atoms with Crippen molar-refractivity contribution in [3.63, 3.8) is 0 Å². The van der Waals surface area contributed by atoms with Crippen LogP contribution >= 0.6 is 0 Å². The molecule has 1 rings (SSSR count). The van der Waals surface area contributed by atoms with E-state index in [1.54, 1.807) is 6.92 Å². The second kappa shape index (κ2) is 6.36. The highest BCUT2D eigenvalue weighted by atomic mass is 16.5. The second-order valence-corrected chi connectivity index (χ2v) is 5.35. The first kappa shape index (κ1) is 14.5. The van der Waals surface area contributed by atoms with Crippen molar-refractivity contribution in [2.24, 2.45) is 11.7 Å². The van der Waals surface area contributed by atoms with Crippen molar-refractivity contribution in [2.75, 3.05) is 26.7 Å². The molecule has 1 saturated carbocycles. The first-order valence-electron chi connectivity index (χ1n) is 6.59. The fourth-order valence-corrected chi connectivity index (χ4v) is 2.05. The van der Waals surface area contributed by atoms with Crippen LogP contribution in [0.4, 0.5) is 0 Å². The number of carbonyl (C=O) groups is 1. The number of hydrogen-bond donors (Lipinski definition) is 1. The fraction of sp³-hybridized carbons (Fsp3) is 0.923. The summed E-state index contributed by atoms with van der Waals surface area (Å²) in [5, 5.41) is 0. The van der Waals surface area contributed by atoms with Crippen LogP contribution in [-0.4, -0.2) is 43.2 Å². The summed E-state index contributed by atoms with van der Waals surface area (Å²) >= 11 is 0. The molecule has 0 aromatic heterocycles. The number of ether oxygens (including phenoxy) is 1. The Morgan fingerprint density at radius 3 is 2.65 bits per heavy atom. The average Bonchev–Trinajstić information content (AvgIpc) is 3.10. The molecule has 1 atom stereocenters. The number of esters is 1. The quantitative estimate of drug-likeness (QED) is 0.654. The third-order valence-corrected chi connectivity index (χ3v) is 3.48. The second-order valence-electron chi connectivity index (χ2n) is 5.35. The van der Waals surface area contributed by atoms with E-state index in [2.05, 4.69) is 11.8 Å². The van der Waals surface area contributed by atoms with Crippen LogP contribution in [0.3, 0.4) is 0 Å². The Balaban J connectivity index is 2.22. The van der Waals surface area contributed by atoms with Crippen molar-refractivity contribution in [1.82, 2.24) is 4.90 Å². The summed E-state index contributed by atoms with van der Waals surface area (Å²) in [5.74, 6) is 0.600. The summed E-state index contributed by atoms with van der Waals surface area (Å²) in [6, 6.07) is 0. The third kappa shape index (κ3) is 5.04. The Kier molecular flexibility index (Phi) is 5.40. The van der Waals surface area contributed by atoms with E-state index in [1.165, 1.54) is 26.5 Å². The maximum Gasteiger partial charge on any atom is 0.325 e. The van der Waals surface area contributed by atoms with Crippen LogP contribution < -0.4 is 5.73 Å². The van der Waals surface area contributed by atoms with Crippen LogP contribution in [0.5, 0.6) is 0 Å². The van der Waals surface area contributed by atoms with Crippen LogP contribution in [0.1, 0.15) is 39.5 Å². The molecule has 2 N–H and O–H groups in total. The number of carbonyl (C=O) groups excluding carboxylic acids is 1. The predicted molar refractivity (Wildman–Crippen MR) is 68.7 cm³/mol. The highest BCUT2D eigenvalue weighted by molar-refractivity contribution is 5.79. The molecule has 0 aromatic rings. The van der Waals surface area contributed by atoms with Gasteiger partial charge in [-0.25, -0.2) is 0 Å². The maximum absolute atomic E-state index is 11.4. The van der Waals surface area contributed by atoms with Gasteiger partial charge < -0.3 is 15.4 Å². The van der Waals surface area contributed by atoms with Crippen LogP contribution in [0.25, 0.3) is 0 Å². The normalized spacial score (nSPS) is 19.1. The zero-order chi connectivity index (χ0) is 12.9. The first-order valence-corrected chi connectivity index (χ1v) is 6.59. The van der Waals surface area contributed by atoms with Crippen LogP contribution in [0, 0.1) is 5.92 Å². The van der Waals surface area contributed by atoms with E-state index in [0.717, 1.165) is 25.4 Å². The standard InChI is InChI=1S/C13H26N2O2/c1-4-15(10-11-6-7-11)9-5-8-13(2,14)12(16)17-3/h11H,4-10,14H2,1-3H3. The number of nitrogens with two attached hydrogens (primary N) is 1. The van der Waals surface area contributed by atoms with E-state index in [0.29, 0.717) is 6.42 Å². The lowest BCUT2D eigenvalue weighted by molar-refractivity contribution is -0.146. The Hall–Kier alpha value is -0.610. The van der Waals surface area contributed by atoms with Crippen molar-refractivity contribution < 1.29 is 9.53 Å². The van der Waals surface area contributed by atoms with Gasteiger partial charge in [-0.3, -0.25) is 4.79 Å². The predicted octanol–water partition coefficient (Wildman–Crippen LogP) is 1.39. The average molecular weight is 242 g/mol. The Morgan fingerprint density at radius 2 is 2.18 bits per heavy atom. The van der Waals surface area contributed by atoms with Gasteiger partial charge >= 0.3 is 5.97 Å². The Bertz CT molecular complexity index is 250. The van der Waals surface area contributed by atoms with Gasteiger partial charge in [0.2, 0.25) is 0 Å². The molecule has 0 radical (unpaired) electrons. The van der Waals surface area contributed by atoms with Crippen LogP contribution in [-0.2, 0) is 9.53 Å². The van der Waals surface area contributed by atoms with Gasteiger partial charge in [0.15, 0.2) is 0 Å². The van der Waals surface area contributed by atoms with Gasteiger partial charge in [-0.15, -0.1) is 0 Å². The fourth-order valence-electron chi connectivity index (χ4n) is 2.05. The molecule has 0 aliphatic heterocycles. The molecule has 0 aromatic carbocycles. The van der Waals surface area contributed by atoms with E-state index in [1.807, 2.05) is 0 Å². The minimum absolute atomic E-state index is 0.317. The minimum atomic E-state index is -0.840. The van der Waals surface area contributed by atoms with E-state index >= 15 is 0 Å². The molecule has 100 valence electrons. The topological polar surface area (TPSA) is 55.6 Å². The van der Waals surface area contributed by atoms with Gasteiger partial charge in [-0.05, 0) is 51.6 Å². The van der Waals surface area contributed by atoms with Crippen molar-refractivity contribution in [3.8, 4) is 0 Å². The molecule has 1 aliphatic rings. The summed E-state index contributed by atoms with van der Waals surface area (Å²) in [5.41, 5.74) is 5.08. The van der Waals surface area contributed by atoms with Gasteiger partial charge in [0.25, 0.3) is 0 Å². The molecule has 1 unspecified atom stereocenters. The van der Waals surface area contributed by atoms with Crippen molar-refractivity contribution in [3.05, 3.63) is 0 Å². The molecular formula is C13H26N2O2. The molecule has 0 saturated heterocycles. The van der Waals surface area contributed by atoms with Crippen LogP contribution in [0.2, 0.25) is 0 Å². The Labute approximate surface area is 104 Å². The molecule has 4 heteroatoms. The van der Waals surface area contributed by atoms with Gasteiger partial charge in [0.1, 0.15) is 5.54 Å². The lowest BCUT2D eigenvalue weighted by Gasteiger charge is -2.24. The largest absolute Gasteiger partial charge is 0.468 e. The molecular weight excluding hydrogens is 216 g/mol. The molecule has 0 heterocycles. The van der Waals surface area contributed by atoms with Gasteiger partial charge in [0.05, 0.1) is 7.11 Å². The van der Waals surface area contributed by atoms with Crippen molar-refractivity contribution >= 4 is 5.97 Å². The Morgan fingerprint density at radius 1 is 1.53 bits per heavy atom. The smallest absolute Gasteiger partial charge is 0.325 e. The minimum Gasteiger partial charge on any atom is -0.468 e. The molecule has 1 aliphatic carbocycles.